The van der Waals surface area contributed by atoms with Crippen LogP contribution < -0.4 is 10.1 Å². The largest absolute Gasteiger partial charge is 0.493 e. The minimum absolute atomic E-state index is 0.0409. The van der Waals surface area contributed by atoms with E-state index < -0.39 is 0 Å². The molecule has 3 aromatic carbocycles. The molecule has 2 amide bonds. The summed E-state index contributed by atoms with van der Waals surface area (Å²) in [4.78, 5) is 31.1. The fourth-order valence-electron chi connectivity index (χ4n) is 4.10. The van der Waals surface area contributed by atoms with Crippen molar-refractivity contribution in [1.82, 2.24) is 10.4 Å². The Labute approximate surface area is 178 Å². The predicted molar refractivity (Wildman–Crippen MR) is 112 cm³/mol. The molecule has 7 heteroatoms. The van der Waals surface area contributed by atoms with E-state index in [9.17, 15) is 9.59 Å². The van der Waals surface area contributed by atoms with Crippen LogP contribution in [-0.4, -0.2) is 36.6 Å². The minimum Gasteiger partial charge on any atom is -0.493 e. The van der Waals surface area contributed by atoms with Crippen LogP contribution in [0.5, 0.6) is 5.75 Å². The maximum absolute atomic E-state index is 13.0. The van der Waals surface area contributed by atoms with Crippen LogP contribution >= 0.6 is 11.6 Å². The minimum atomic E-state index is -0.339. The van der Waals surface area contributed by atoms with Crippen LogP contribution in [0.2, 0.25) is 5.02 Å². The highest BCUT2D eigenvalue weighted by Gasteiger charge is 2.44. The smallest absolute Gasteiger partial charge is 0.266 e. The average Bonchev–Trinajstić information content (AvgIpc) is 3.22. The number of amides is 2. The van der Waals surface area contributed by atoms with Gasteiger partial charge in [-0.2, -0.15) is 0 Å². The second-order valence-corrected chi connectivity index (χ2v) is 7.86. The number of nitrogens with zero attached hydrogens (tertiary/aromatic N) is 1. The van der Waals surface area contributed by atoms with E-state index in [2.05, 4.69) is 5.32 Å². The number of carbonyl (C=O) groups is 2. The number of carbonyl (C=O) groups excluding carboxylic acids is 2. The highest BCUT2D eigenvalue weighted by Crippen LogP contribution is 2.46. The Kier molecular flexibility index (Phi) is 4.81. The van der Waals surface area contributed by atoms with Crippen LogP contribution in [0.1, 0.15) is 22.0 Å². The highest BCUT2D eigenvalue weighted by molar-refractivity contribution is 6.30. The number of ether oxygens (including phenoxy) is 1. The number of benzene rings is 3. The van der Waals surface area contributed by atoms with Crippen LogP contribution in [0.4, 0.5) is 0 Å². The van der Waals surface area contributed by atoms with Crippen molar-refractivity contribution in [2.24, 2.45) is 5.92 Å². The molecule has 30 heavy (non-hydrogen) atoms. The first-order chi connectivity index (χ1) is 14.6. The Morgan fingerprint density at radius 2 is 1.83 bits per heavy atom. The fourth-order valence-corrected chi connectivity index (χ4v) is 4.22. The summed E-state index contributed by atoms with van der Waals surface area (Å²) in [6.45, 7) is 0.715. The molecule has 152 valence electrons. The summed E-state index contributed by atoms with van der Waals surface area (Å²) in [6.07, 6.45) is 0. The van der Waals surface area contributed by atoms with Gasteiger partial charge in [-0.15, -0.1) is 0 Å². The molecule has 1 fully saturated rings. The number of fused-ring (bicyclic) bond motifs is 5. The molecule has 2 heterocycles. The number of hydrogen-bond donors (Lipinski definition) is 1. The second-order valence-electron chi connectivity index (χ2n) is 7.42. The number of nitrogens with one attached hydrogen (secondary N) is 1. The normalized spacial score (nSPS) is 19.7. The van der Waals surface area contributed by atoms with Gasteiger partial charge in [-0.3, -0.25) is 14.4 Å². The first kappa shape index (κ1) is 18.9. The van der Waals surface area contributed by atoms with Gasteiger partial charge >= 0.3 is 0 Å². The van der Waals surface area contributed by atoms with Gasteiger partial charge in [0, 0.05) is 22.1 Å². The van der Waals surface area contributed by atoms with Crippen molar-refractivity contribution in [3.63, 3.8) is 0 Å². The van der Waals surface area contributed by atoms with Crippen LogP contribution in [0.15, 0.2) is 60.7 Å². The van der Waals surface area contributed by atoms with Crippen LogP contribution in [0.3, 0.4) is 0 Å². The SMILES string of the molecule is O=C(NCC(=O)N1OCC2COc3ccc4ccccc4c3C21)c1ccc(Cl)cc1. The molecule has 0 aliphatic carbocycles. The van der Waals surface area contributed by atoms with Gasteiger partial charge in [0.05, 0.1) is 25.8 Å². The van der Waals surface area contributed by atoms with Crippen molar-refractivity contribution in [2.45, 2.75) is 6.04 Å². The average molecular weight is 423 g/mol. The maximum atomic E-state index is 13.0. The van der Waals surface area contributed by atoms with Gasteiger partial charge in [-0.25, -0.2) is 5.06 Å². The van der Waals surface area contributed by atoms with Gasteiger partial charge in [0.2, 0.25) is 0 Å². The molecule has 6 nitrogen and oxygen atoms in total. The molecule has 3 aromatic rings. The van der Waals surface area contributed by atoms with Crippen LogP contribution in [0.25, 0.3) is 10.8 Å². The van der Waals surface area contributed by atoms with Gasteiger partial charge in [0.25, 0.3) is 11.8 Å². The first-order valence-corrected chi connectivity index (χ1v) is 10.1. The number of halogens is 1. The Morgan fingerprint density at radius 1 is 1.03 bits per heavy atom. The monoisotopic (exact) mass is 422 g/mol. The molecule has 2 atom stereocenters. The molecule has 0 saturated carbocycles. The van der Waals surface area contributed by atoms with Crippen LogP contribution in [0, 0.1) is 5.92 Å². The topological polar surface area (TPSA) is 67.9 Å². The number of hydrogen-bond acceptors (Lipinski definition) is 4. The molecule has 2 aliphatic rings. The zero-order valence-electron chi connectivity index (χ0n) is 16.0. The van der Waals surface area contributed by atoms with Gasteiger partial charge in [-0.1, -0.05) is 41.9 Å². The second kappa shape index (κ2) is 7.63. The van der Waals surface area contributed by atoms with E-state index in [0.717, 1.165) is 22.1 Å². The van der Waals surface area contributed by atoms with E-state index >= 15 is 0 Å². The lowest BCUT2D eigenvalue weighted by molar-refractivity contribution is -0.175. The summed E-state index contributed by atoms with van der Waals surface area (Å²) in [7, 11) is 0. The predicted octanol–water partition coefficient (Wildman–Crippen LogP) is 3.75. The zero-order valence-corrected chi connectivity index (χ0v) is 16.8. The van der Waals surface area contributed by atoms with Gasteiger partial charge < -0.3 is 10.1 Å². The third-order valence-electron chi connectivity index (χ3n) is 5.56. The van der Waals surface area contributed by atoms with E-state index in [1.165, 1.54) is 5.06 Å². The lowest BCUT2D eigenvalue weighted by atomic mass is 9.88. The third-order valence-corrected chi connectivity index (χ3v) is 5.81. The molecular weight excluding hydrogens is 404 g/mol. The quantitative estimate of drug-likeness (QED) is 0.698. The van der Waals surface area contributed by atoms with Gasteiger partial charge in [0.15, 0.2) is 0 Å². The lowest BCUT2D eigenvalue weighted by Crippen LogP contribution is -2.41. The molecule has 1 saturated heterocycles. The molecule has 0 radical (unpaired) electrons. The Hall–Kier alpha value is -3.09. The molecule has 0 spiro atoms. The Morgan fingerprint density at radius 3 is 2.67 bits per heavy atom. The van der Waals surface area contributed by atoms with E-state index in [4.69, 9.17) is 21.2 Å². The molecule has 0 bridgehead atoms. The zero-order chi connectivity index (χ0) is 20.7. The van der Waals surface area contributed by atoms with Crippen molar-refractivity contribution in [1.29, 1.82) is 0 Å². The van der Waals surface area contributed by atoms with Gasteiger partial charge in [-0.05, 0) is 41.1 Å². The Balaban J connectivity index is 1.38. The third kappa shape index (κ3) is 3.28. The summed E-state index contributed by atoms with van der Waals surface area (Å²) in [5.41, 5.74) is 1.40. The van der Waals surface area contributed by atoms with Crippen molar-refractivity contribution in [3.05, 3.63) is 76.8 Å². The van der Waals surface area contributed by atoms with E-state index in [1.807, 2.05) is 36.4 Å². The summed E-state index contributed by atoms with van der Waals surface area (Å²) in [5, 5.41) is 6.74. The van der Waals surface area contributed by atoms with Crippen molar-refractivity contribution in [2.75, 3.05) is 19.8 Å². The summed E-state index contributed by atoms with van der Waals surface area (Å²) in [5.74, 6) is 0.168. The number of hydroxylamine groups is 2. The van der Waals surface area contributed by atoms with E-state index in [-0.39, 0.29) is 30.3 Å². The van der Waals surface area contributed by atoms with Crippen molar-refractivity contribution >= 4 is 34.2 Å². The molecule has 0 aromatic heterocycles. The molecule has 2 unspecified atom stereocenters. The van der Waals surface area contributed by atoms with Crippen molar-refractivity contribution in [3.8, 4) is 5.75 Å². The van der Waals surface area contributed by atoms with Gasteiger partial charge in [0.1, 0.15) is 5.75 Å². The molecule has 5 rings (SSSR count). The molecular formula is C23H19ClN2O4. The summed E-state index contributed by atoms with van der Waals surface area (Å²) < 4.78 is 5.94. The standard InChI is InChI=1S/C23H19ClN2O4/c24-17-8-5-15(6-9-17)23(28)25-11-20(27)26-22-16(13-30-26)12-29-19-10-7-14-3-1-2-4-18(14)21(19)22/h1-10,16,22H,11-13H2,(H,25,28). The lowest BCUT2D eigenvalue weighted by Gasteiger charge is -2.32. The summed E-state index contributed by atoms with van der Waals surface area (Å²) in [6, 6.07) is 18.2. The summed E-state index contributed by atoms with van der Waals surface area (Å²) >= 11 is 5.86. The highest BCUT2D eigenvalue weighted by atomic mass is 35.5. The molecule has 1 N–H and O–H groups in total. The Bertz CT molecular complexity index is 1130. The maximum Gasteiger partial charge on any atom is 0.266 e. The molecule has 2 aliphatic heterocycles. The van der Waals surface area contributed by atoms with Crippen LogP contribution in [-0.2, 0) is 9.63 Å². The van der Waals surface area contributed by atoms with E-state index in [0.29, 0.717) is 23.8 Å². The van der Waals surface area contributed by atoms with Crippen molar-refractivity contribution < 1.29 is 19.2 Å². The van der Waals surface area contributed by atoms with E-state index in [1.54, 1.807) is 24.3 Å². The fraction of sp³-hybridized carbons (Fsp3) is 0.217. The first-order valence-electron chi connectivity index (χ1n) is 9.75. The number of rotatable bonds is 3.